The Bertz CT molecular complexity index is 3530. The van der Waals surface area contributed by atoms with Crippen molar-refractivity contribution < 1.29 is 35.6 Å². The molecule has 0 aliphatic rings. The molecule has 0 spiro atoms. The Morgan fingerprint density at radius 3 is 1.40 bits per heavy atom. The van der Waals surface area contributed by atoms with Gasteiger partial charge < -0.3 is 0 Å². The fraction of sp³-hybridized carbons (Fsp3) is 0. The van der Waals surface area contributed by atoms with Gasteiger partial charge in [-0.05, 0) is 82.5 Å². The minimum atomic E-state index is -1.08. The SMILES string of the molecule is [2H]c1c([2H])c(-c2c3c([2H])c([2H])c([2H])c([2H])c3c(-c3c([2H])c([2H])c4c([2H])c([2H])c([2H])c([2H])c4c3[2H])c3c([2H])c([2H])c([2H])c([2H])c23)c([2H])c([2H])c1-c1c([2H])c([2H])c([2H])c2c([2H])c([2H])c([2H])c([2H])c12. The van der Waals surface area contributed by atoms with Crippen LogP contribution in [-0.2, 0) is 0 Å². The summed E-state index contributed by atoms with van der Waals surface area (Å²) in [5.41, 5.74) is -4.52. The zero-order valence-corrected chi connectivity index (χ0v) is 20.0. The molecule has 0 unspecified atom stereocenters. The van der Waals surface area contributed by atoms with Gasteiger partial charge in [-0.2, -0.15) is 0 Å². The van der Waals surface area contributed by atoms with Gasteiger partial charge in [0.1, 0.15) is 0 Å². The Morgan fingerprint density at radius 2 is 0.750 bits per heavy atom. The van der Waals surface area contributed by atoms with E-state index >= 15 is 0 Å². The third kappa shape index (κ3) is 3.61. The van der Waals surface area contributed by atoms with Gasteiger partial charge >= 0.3 is 0 Å². The minimum absolute atomic E-state index is 0.563. The molecule has 0 N–H and O–H groups in total. The highest BCUT2D eigenvalue weighted by Crippen LogP contribution is 2.44. The van der Waals surface area contributed by atoms with Gasteiger partial charge in [0.2, 0.25) is 0 Å². The van der Waals surface area contributed by atoms with Crippen molar-refractivity contribution in [1.82, 2.24) is 0 Å². The van der Waals surface area contributed by atoms with E-state index in [0.29, 0.717) is 0 Å². The van der Waals surface area contributed by atoms with Crippen molar-refractivity contribution in [3.05, 3.63) is 157 Å². The van der Waals surface area contributed by atoms with Crippen molar-refractivity contribution in [2.45, 2.75) is 0 Å². The van der Waals surface area contributed by atoms with E-state index < -0.39 is 234 Å². The third-order valence-corrected chi connectivity index (χ3v) is 6.31. The van der Waals surface area contributed by atoms with Crippen molar-refractivity contribution in [1.29, 1.82) is 0 Å². The van der Waals surface area contributed by atoms with Crippen molar-refractivity contribution in [2.24, 2.45) is 0 Å². The second-order valence-corrected chi connectivity index (χ2v) is 8.50. The van der Waals surface area contributed by atoms with Crippen molar-refractivity contribution in [3.63, 3.8) is 0 Å². The van der Waals surface area contributed by atoms with Gasteiger partial charge in [-0.3, -0.25) is 0 Å². The number of hydrogen-bond donors (Lipinski definition) is 0. The molecule has 0 radical (unpaired) electrons. The zero-order valence-electron chi connectivity index (χ0n) is 46.0. The predicted octanol–water partition coefficient (Wildman–Crippen LogP) is 11.3. The summed E-state index contributed by atoms with van der Waals surface area (Å²) in [6.45, 7) is 0. The zero-order chi connectivity index (χ0) is 49.1. The van der Waals surface area contributed by atoms with Crippen LogP contribution in [0, 0.1) is 0 Å². The summed E-state index contributed by atoms with van der Waals surface area (Å²) < 4.78 is 230. The van der Waals surface area contributed by atoms with E-state index in [-0.39, 0.29) is 0 Å². The van der Waals surface area contributed by atoms with Crippen LogP contribution in [-0.4, -0.2) is 0 Å². The summed E-state index contributed by atoms with van der Waals surface area (Å²) in [5, 5.41) is -5.21. The van der Waals surface area contributed by atoms with Gasteiger partial charge in [-0.15, -0.1) is 0 Å². The van der Waals surface area contributed by atoms with E-state index in [2.05, 4.69) is 0 Å². The van der Waals surface area contributed by atoms with Crippen molar-refractivity contribution in [3.8, 4) is 33.4 Å². The highest BCUT2D eigenvalue weighted by molar-refractivity contribution is 6.21. The lowest BCUT2D eigenvalue weighted by molar-refractivity contribution is 1.63. The first-order valence-corrected chi connectivity index (χ1v) is 11.8. The summed E-state index contributed by atoms with van der Waals surface area (Å²) in [4.78, 5) is 0. The molecule has 0 aliphatic heterocycles. The van der Waals surface area contributed by atoms with Gasteiger partial charge in [0.15, 0.2) is 0 Å². The van der Waals surface area contributed by atoms with Crippen LogP contribution in [0.1, 0.15) is 35.6 Å². The fourth-order valence-electron chi connectivity index (χ4n) is 4.59. The standard InChI is InChI=1S/C40H26/c1-2-12-31-26-32(25-20-27(31)10-1)40-37-17-7-5-15-35(37)39(36-16-6-8-18-38(36)40)30-23-21-29(22-24-30)34-19-9-13-28-11-3-4-14-33(28)34/h1-26H/i1D,2D,3D,4D,5D,6D,7D,8D,9D,10D,11D,12D,13D,14D,15D,16D,17D,18D,19D,20D,21D,22D,23D,24D,25D,26D. The molecule has 0 atom stereocenters. The molecule has 0 aromatic heterocycles. The molecule has 40 heavy (non-hydrogen) atoms. The molecule has 0 heterocycles. The summed E-state index contributed by atoms with van der Waals surface area (Å²) in [6.07, 6.45) is 0. The maximum absolute atomic E-state index is 9.46. The summed E-state index contributed by atoms with van der Waals surface area (Å²) in [7, 11) is 0. The van der Waals surface area contributed by atoms with Crippen molar-refractivity contribution >= 4 is 43.1 Å². The molecule has 0 bridgehead atoms. The highest BCUT2D eigenvalue weighted by atomic mass is 14.2. The highest BCUT2D eigenvalue weighted by Gasteiger charge is 2.17. The van der Waals surface area contributed by atoms with Crippen LogP contribution in [0.5, 0.6) is 0 Å². The fourth-order valence-corrected chi connectivity index (χ4v) is 4.59. The van der Waals surface area contributed by atoms with Crippen LogP contribution < -0.4 is 0 Å². The van der Waals surface area contributed by atoms with Crippen LogP contribution in [0.3, 0.4) is 0 Å². The van der Waals surface area contributed by atoms with E-state index in [1.165, 1.54) is 0 Å². The summed E-state index contributed by atoms with van der Waals surface area (Å²) in [5.74, 6) is 0. The van der Waals surface area contributed by atoms with Crippen LogP contribution in [0.15, 0.2) is 157 Å². The first-order chi connectivity index (χ1) is 30.7. The van der Waals surface area contributed by atoms with E-state index in [1.54, 1.807) is 0 Å². The molecular weight excluding hydrogens is 480 g/mol. The molecule has 0 nitrogen and oxygen atoms in total. The smallest absolute Gasteiger partial charge is 0.0616 e. The average molecular weight is 533 g/mol. The number of hydrogen-bond acceptors (Lipinski definition) is 0. The van der Waals surface area contributed by atoms with Gasteiger partial charge in [0.05, 0.1) is 35.6 Å². The molecule has 186 valence electrons. The largest absolute Gasteiger partial charge is 0.0636 e. The van der Waals surface area contributed by atoms with Crippen LogP contribution in [0.25, 0.3) is 76.5 Å². The second-order valence-electron chi connectivity index (χ2n) is 8.50. The summed E-state index contributed by atoms with van der Waals surface area (Å²) in [6, 6.07) is -24.0. The van der Waals surface area contributed by atoms with Crippen molar-refractivity contribution in [2.75, 3.05) is 0 Å². The Hall–Kier alpha value is -5.20. The molecule has 0 fully saturated rings. The van der Waals surface area contributed by atoms with Gasteiger partial charge in [0, 0.05) is 0 Å². The maximum Gasteiger partial charge on any atom is 0.0636 e. The van der Waals surface area contributed by atoms with Gasteiger partial charge in [0.25, 0.3) is 0 Å². The van der Waals surface area contributed by atoms with E-state index in [4.69, 9.17) is 21.9 Å². The predicted molar refractivity (Wildman–Crippen MR) is 173 cm³/mol. The number of rotatable bonds is 3. The molecule has 0 aliphatic carbocycles. The monoisotopic (exact) mass is 532 g/mol. The van der Waals surface area contributed by atoms with Gasteiger partial charge in [-0.25, -0.2) is 0 Å². The molecule has 0 saturated heterocycles. The topological polar surface area (TPSA) is 0 Å². The average Bonchev–Trinajstić information content (AvgIpc) is 3.28. The molecule has 8 rings (SSSR count). The van der Waals surface area contributed by atoms with E-state index in [9.17, 15) is 13.7 Å². The lowest BCUT2D eigenvalue weighted by Gasteiger charge is -2.18. The first-order valence-electron chi connectivity index (χ1n) is 24.8. The molecular formula is C40H26. The lowest BCUT2D eigenvalue weighted by Crippen LogP contribution is -1.91. The normalized spacial score (nSPS) is 20.6. The molecule has 0 amide bonds. The minimum Gasteiger partial charge on any atom is -0.0616 e. The number of benzene rings is 8. The summed E-state index contributed by atoms with van der Waals surface area (Å²) >= 11 is 0. The lowest BCUT2D eigenvalue weighted by atomic mass is 9.85. The second kappa shape index (κ2) is 9.22. The molecule has 8 aromatic rings. The Labute approximate surface area is 270 Å². The van der Waals surface area contributed by atoms with Crippen LogP contribution >= 0.6 is 0 Å². The van der Waals surface area contributed by atoms with E-state index in [1.807, 2.05) is 0 Å². The Balaban J connectivity index is 1.68. The molecule has 0 saturated carbocycles. The quantitative estimate of drug-likeness (QED) is 0.198. The van der Waals surface area contributed by atoms with Crippen LogP contribution in [0.4, 0.5) is 0 Å². The Kier molecular flexibility index (Phi) is 1.99. The molecule has 0 heteroatoms. The third-order valence-electron chi connectivity index (χ3n) is 6.31. The molecule has 8 aromatic carbocycles. The van der Waals surface area contributed by atoms with Gasteiger partial charge in [-0.1, -0.05) is 151 Å². The van der Waals surface area contributed by atoms with Crippen LogP contribution in [0.2, 0.25) is 0 Å². The Morgan fingerprint density at radius 1 is 0.300 bits per heavy atom. The van der Waals surface area contributed by atoms with E-state index in [0.717, 1.165) is 0 Å². The maximum atomic E-state index is 9.46. The number of fused-ring (bicyclic) bond motifs is 4. The first kappa shape index (κ1) is 8.65.